The lowest BCUT2D eigenvalue weighted by molar-refractivity contribution is 0.312. The van der Waals surface area contributed by atoms with Gasteiger partial charge in [-0.1, -0.05) is 25.1 Å². The number of hydrogen-bond donors (Lipinski definition) is 1. The molecule has 0 radical (unpaired) electrons. The van der Waals surface area contributed by atoms with Crippen LogP contribution in [-0.2, 0) is 19.5 Å². The van der Waals surface area contributed by atoms with Crippen molar-refractivity contribution in [3.05, 3.63) is 70.0 Å². The van der Waals surface area contributed by atoms with Gasteiger partial charge in [-0.15, -0.1) is 0 Å². The first kappa shape index (κ1) is 15.7. The van der Waals surface area contributed by atoms with E-state index in [1.54, 1.807) is 18.3 Å². The fourth-order valence-electron chi connectivity index (χ4n) is 3.27. The van der Waals surface area contributed by atoms with E-state index in [9.17, 15) is 4.79 Å². The number of furan rings is 1. The van der Waals surface area contributed by atoms with Crippen LogP contribution in [0.3, 0.4) is 0 Å². The summed E-state index contributed by atoms with van der Waals surface area (Å²) in [5.41, 5.74) is 3.44. The monoisotopic (exact) mass is 336 g/mol. The number of rotatable bonds is 5. The van der Waals surface area contributed by atoms with Crippen molar-refractivity contribution < 1.29 is 4.42 Å². The molecule has 128 valence electrons. The first-order valence-electron chi connectivity index (χ1n) is 8.39. The topological polar surface area (TPSA) is 66.5 Å². The number of aromatic amines is 1. The molecule has 0 aliphatic rings. The quantitative estimate of drug-likeness (QED) is 0.608. The molecule has 6 heteroatoms. The van der Waals surface area contributed by atoms with Crippen LogP contribution in [0.4, 0.5) is 0 Å². The van der Waals surface area contributed by atoms with E-state index in [4.69, 9.17) is 4.42 Å². The molecular formula is C19H20N4O2. The summed E-state index contributed by atoms with van der Waals surface area (Å²) in [7, 11) is 2.03. The molecule has 25 heavy (non-hydrogen) atoms. The van der Waals surface area contributed by atoms with Gasteiger partial charge in [0.15, 0.2) is 5.65 Å². The lowest BCUT2D eigenvalue weighted by Crippen LogP contribution is -2.22. The summed E-state index contributed by atoms with van der Waals surface area (Å²) in [4.78, 5) is 18.8. The fraction of sp³-hybridized carbons (Fsp3) is 0.263. The highest BCUT2D eigenvalue weighted by atomic mass is 16.3. The molecular weight excluding hydrogens is 316 g/mol. The van der Waals surface area contributed by atoms with Crippen LogP contribution in [0.25, 0.3) is 16.6 Å². The molecule has 4 rings (SSSR count). The zero-order valence-corrected chi connectivity index (χ0v) is 14.3. The van der Waals surface area contributed by atoms with Crippen LogP contribution in [0.15, 0.2) is 51.8 Å². The van der Waals surface area contributed by atoms with E-state index in [0.717, 1.165) is 35.4 Å². The van der Waals surface area contributed by atoms with Gasteiger partial charge in [-0.05, 0) is 13.1 Å². The Bertz CT molecular complexity index is 1090. The van der Waals surface area contributed by atoms with Gasteiger partial charge in [0.2, 0.25) is 0 Å². The van der Waals surface area contributed by atoms with E-state index in [-0.39, 0.29) is 5.56 Å². The molecule has 0 saturated heterocycles. The molecule has 3 heterocycles. The number of para-hydroxylation sites is 1. The Kier molecular flexibility index (Phi) is 3.89. The van der Waals surface area contributed by atoms with Gasteiger partial charge in [0, 0.05) is 48.8 Å². The second-order valence-electron chi connectivity index (χ2n) is 6.27. The number of aryl methyl sites for hydroxylation is 1. The van der Waals surface area contributed by atoms with Crippen LogP contribution in [0.1, 0.15) is 23.9 Å². The molecule has 3 aromatic heterocycles. The van der Waals surface area contributed by atoms with Crippen molar-refractivity contribution in [2.45, 2.75) is 26.4 Å². The van der Waals surface area contributed by atoms with Crippen LogP contribution in [-0.4, -0.2) is 26.5 Å². The molecule has 0 aliphatic carbocycles. The molecule has 1 aromatic carbocycles. The standard InChI is InChI=1S/C19H20N4O2/c1-3-16-15(14-6-4-5-7-17(14)25-16)12-22(2)11-13-10-19(24)23-18(21-13)8-9-20-23/h4-10,20H,3,11-12H2,1-2H3. The summed E-state index contributed by atoms with van der Waals surface area (Å²) in [5, 5.41) is 4.01. The second kappa shape index (κ2) is 6.22. The number of aromatic nitrogens is 3. The van der Waals surface area contributed by atoms with Crippen molar-refractivity contribution in [1.82, 2.24) is 19.5 Å². The van der Waals surface area contributed by atoms with Gasteiger partial charge in [-0.3, -0.25) is 14.8 Å². The third-order valence-electron chi connectivity index (χ3n) is 4.40. The van der Waals surface area contributed by atoms with Gasteiger partial charge in [-0.25, -0.2) is 9.50 Å². The van der Waals surface area contributed by atoms with Gasteiger partial charge >= 0.3 is 0 Å². The zero-order valence-electron chi connectivity index (χ0n) is 14.3. The normalized spacial score (nSPS) is 11.8. The van der Waals surface area contributed by atoms with E-state index < -0.39 is 0 Å². The van der Waals surface area contributed by atoms with Gasteiger partial charge in [0.05, 0.1) is 5.69 Å². The van der Waals surface area contributed by atoms with Crippen LogP contribution >= 0.6 is 0 Å². The van der Waals surface area contributed by atoms with Crippen molar-refractivity contribution in [1.29, 1.82) is 0 Å². The van der Waals surface area contributed by atoms with Crippen LogP contribution in [0.2, 0.25) is 0 Å². The molecule has 4 aromatic rings. The lowest BCUT2D eigenvalue weighted by Gasteiger charge is -2.16. The molecule has 0 bridgehead atoms. The summed E-state index contributed by atoms with van der Waals surface area (Å²) in [6.45, 7) is 3.44. The van der Waals surface area contributed by atoms with Crippen molar-refractivity contribution in [3.63, 3.8) is 0 Å². The van der Waals surface area contributed by atoms with Crippen molar-refractivity contribution in [2.24, 2.45) is 0 Å². The largest absolute Gasteiger partial charge is 0.461 e. The minimum atomic E-state index is -0.0959. The van der Waals surface area contributed by atoms with Crippen molar-refractivity contribution in [3.8, 4) is 0 Å². The van der Waals surface area contributed by atoms with Gasteiger partial charge < -0.3 is 4.42 Å². The average molecular weight is 336 g/mol. The van der Waals surface area contributed by atoms with E-state index in [0.29, 0.717) is 12.2 Å². The number of fused-ring (bicyclic) bond motifs is 2. The second-order valence-corrected chi connectivity index (χ2v) is 6.27. The number of hydrogen-bond acceptors (Lipinski definition) is 4. The van der Waals surface area contributed by atoms with E-state index in [1.807, 2.05) is 25.2 Å². The summed E-state index contributed by atoms with van der Waals surface area (Å²) < 4.78 is 7.40. The predicted octanol–water partition coefficient (Wildman–Crippen LogP) is 2.96. The smallest absolute Gasteiger partial charge is 0.272 e. The molecule has 0 amide bonds. The Balaban J connectivity index is 1.61. The Hall–Kier alpha value is -2.86. The van der Waals surface area contributed by atoms with E-state index in [1.165, 1.54) is 10.1 Å². The highest BCUT2D eigenvalue weighted by Gasteiger charge is 2.15. The van der Waals surface area contributed by atoms with Crippen molar-refractivity contribution >= 4 is 16.6 Å². The molecule has 0 fully saturated rings. The van der Waals surface area contributed by atoms with Crippen LogP contribution in [0.5, 0.6) is 0 Å². The maximum atomic E-state index is 12.1. The van der Waals surface area contributed by atoms with Crippen LogP contribution in [0, 0.1) is 0 Å². The SMILES string of the molecule is CCc1oc2ccccc2c1CN(C)Cc1cc(=O)n2[nH]ccc2n1. The third kappa shape index (κ3) is 2.85. The molecule has 6 nitrogen and oxygen atoms in total. The van der Waals surface area contributed by atoms with E-state index in [2.05, 4.69) is 28.0 Å². The minimum Gasteiger partial charge on any atom is -0.461 e. The summed E-state index contributed by atoms with van der Waals surface area (Å²) in [5.74, 6) is 1.02. The first-order chi connectivity index (χ1) is 12.2. The maximum Gasteiger partial charge on any atom is 0.272 e. The molecule has 0 saturated carbocycles. The molecule has 0 unspecified atom stereocenters. The maximum absolute atomic E-state index is 12.1. The van der Waals surface area contributed by atoms with Crippen molar-refractivity contribution in [2.75, 3.05) is 7.05 Å². The lowest BCUT2D eigenvalue weighted by atomic mass is 10.1. The Labute approximate surface area is 144 Å². The van der Waals surface area contributed by atoms with Crippen LogP contribution < -0.4 is 5.56 Å². The first-order valence-corrected chi connectivity index (χ1v) is 8.39. The van der Waals surface area contributed by atoms with Gasteiger partial charge in [0.25, 0.3) is 5.56 Å². The number of nitrogens with zero attached hydrogens (tertiary/aromatic N) is 3. The van der Waals surface area contributed by atoms with Gasteiger partial charge in [-0.2, -0.15) is 0 Å². The average Bonchev–Trinajstić information content (AvgIpc) is 3.20. The highest BCUT2D eigenvalue weighted by molar-refractivity contribution is 5.82. The Morgan fingerprint density at radius 2 is 2.08 bits per heavy atom. The number of benzene rings is 1. The molecule has 0 spiro atoms. The zero-order chi connectivity index (χ0) is 17.4. The number of nitrogens with one attached hydrogen (secondary N) is 1. The third-order valence-corrected chi connectivity index (χ3v) is 4.40. The summed E-state index contributed by atoms with van der Waals surface area (Å²) in [6, 6.07) is 11.5. The minimum absolute atomic E-state index is 0.0959. The van der Waals surface area contributed by atoms with E-state index >= 15 is 0 Å². The Morgan fingerprint density at radius 3 is 2.92 bits per heavy atom. The highest BCUT2D eigenvalue weighted by Crippen LogP contribution is 2.27. The van der Waals surface area contributed by atoms with Gasteiger partial charge in [0.1, 0.15) is 11.3 Å². The Morgan fingerprint density at radius 1 is 1.24 bits per heavy atom. The predicted molar refractivity (Wildman–Crippen MR) is 96.6 cm³/mol. The molecule has 0 atom stereocenters. The summed E-state index contributed by atoms with van der Waals surface area (Å²) in [6.07, 6.45) is 2.56. The number of H-pyrrole nitrogens is 1. The summed E-state index contributed by atoms with van der Waals surface area (Å²) >= 11 is 0. The molecule has 1 N–H and O–H groups in total. The fourth-order valence-corrected chi connectivity index (χ4v) is 3.27. The molecule has 0 aliphatic heterocycles.